The third-order valence-corrected chi connectivity index (χ3v) is 2.98. The van der Waals surface area contributed by atoms with Crippen LogP contribution in [0.3, 0.4) is 0 Å². The van der Waals surface area contributed by atoms with E-state index in [1.54, 1.807) is 24.4 Å². The molecule has 0 unspecified atom stereocenters. The largest absolute Gasteiger partial charge is 0.490 e. The quantitative estimate of drug-likeness (QED) is 0.382. The Kier molecular flexibility index (Phi) is 5.74. The van der Waals surface area contributed by atoms with Crippen LogP contribution in [0.4, 0.5) is 5.69 Å². The fourth-order valence-electron chi connectivity index (χ4n) is 1.92. The van der Waals surface area contributed by atoms with Gasteiger partial charge in [0.2, 0.25) is 0 Å². The minimum absolute atomic E-state index is 0.381. The first-order chi connectivity index (χ1) is 11.1. The lowest BCUT2D eigenvalue weighted by molar-refractivity contribution is -0.132. The zero-order valence-corrected chi connectivity index (χ0v) is 13.5. The molecular weight excluding hydrogens is 292 g/mol. The molecule has 2 aromatic carbocycles. The highest BCUT2D eigenvalue weighted by Crippen LogP contribution is 2.28. The van der Waals surface area contributed by atoms with Crippen molar-refractivity contribution in [1.29, 1.82) is 0 Å². The number of aryl methyl sites for hydroxylation is 1. The number of rotatable bonds is 6. The van der Waals surface area contributed by atoms with E-state index in [1.807, 2.05) is 38.1 Å². The van der Waals surface area contributed by atoms with Crippen LogP contribution in [0.25, 0.3) is 0 Å². The fraction of sp³-hybridized carbons (Fsp3) is 0.222. The molecule has 0 heterocycles. The Morgan fingerprint density at radius 1 is 1.17 bits per heavy atom. The molecule has 2 aromatic rings. The average molecular weight is 312 g/mol. The zero-order valence-electron chi connectivity index (χ0n) is 13.5. The normalized spacial score (nSPS) is 10.6. The molecule has 0 saturated heterocycles. The van der Waals surface area contributed by atoms with Crippen molar-refractivity contribution in [2.45, 2.75) is 20.8 Å². The Balaban J connectivity index is 2.09. The van der Waals surface area contributed by atoms with Gasteiger partial charge in [0.25, 0.3) is 0 Å². The number of hydrogen-bond donors (Lipinski definition) is 1. The molecule has 23 heavy (non-hydrogen) atoms. The third kappa shape index (κ3) is 5.14. The Morgan fingerprint density at radius 3 is 2.57 bits per heavy atom. The number of benzene rings is 2. The smallest absolute Gasteiger partial charge is 0.308 e. The van der Waals surface area contributed by atoms with Gasteiger partial charge >= 0.3 is 5.97 Å². The summed E-state index contributed by atoms with van der Waals surface area (Å²) >= 11 is 0. The summed E-state index contributed by atoms with van der Waals surface area (Å²) in [5.74, 6) is 0.540. The molecule has 0 radical (unpaired) electrons. The number of esters is 1. The topological polar surface area (TPSA) is 59.9 Å². The summed E-state index contributed by atoms with van der Waals surface area (Å²) in [4.78, 5) is 11.1. The summed E-state index contributed by atoms with van der Waals surface area (Å²) in [7, 11) is 0. The summed E-state index contributed by atoms with van der Waals surface area (Å²) in [6, 6.07) is 13.2. The predicted molar refractivity (Wildman–Crippen MR) is 91.3 cm³/mol. The minimum Gasteiger partial charge on any atom is -0.490 e. The second kappa shape index (κ2) is 7.98. The average Bonchev–Trinajstić information content (AvgIpc) is 2.51. The van der Waals surface area contributed by atoms with E-state index < -0.39 is 0 Å². The van der Waals surface area contributed by atoms with Gasteiger partial charge in [-0.15, -0.1) is 0 Å². The predicted octanol–water partition coefficient (Wildman–Crippen LogP) is 3.77. The van der Waals surface area contributed by atoms with Gasteiger partial charge in [0.05, 0.1) is 18.5 Å². The van der Waals surface area contributed by atoms with E-state index >= 15 is 0 Å². The summed E-state index contributed by atoms with van der Waals surface area (Å²) in [5.41, 5.74) is 5.91. The summed E-state index contributed by atoms with van der Waals surface area (Å²) in [6.07, 6.45) is 1.68. The van der Waals surface area contributed by atoms with E-state index in [1.165, 1.54) is 12.5 Å². The molecular formula is C18H20N2O3. The summed E-state index contributed by atoms with van der Waals surface area (Å²) in [5, 5.41) is 4.20. The van der Waals surface area contributed by atoms with Crippen molar-refractivity contribution in [3.8, 4) is 11.5 Å². The van der Waals surface area contributed by atoms with Crippen LogP contribution in [0.1, 0.15) is 25.0 Å². The number of nitrogens with one attached hydrogen (secondary N) is 1. The Labute approximate surface area is 135 Å². The first-order valence-corrected chi connectivity index (χ1v) is 7.39. The van der Waals surface area contributed by atoms with Crippen LogP contribution in [0, 0.1) is 6.92 Å². The van der Waals surface area contributed by atoms with Crippen molar-refractivity contribution in [2.24, 2.45) is 5.10 Å². The fourth-order valence-corrected chi connectivity index (χ4v) is 1.92. The van der Waals surface area contributed by atoms with Gasteiger partial charge in [0.1, 0.15) is 0 Å². The van der Waals surface area contributed by atoms with Gasteiger partial charge in [-0.2, -0.15) is 5.10 Å². The van der Waals surface area contributed by atoms with E-state index in [4.69, 9.17) is 9.47 Å². The second-order valence-electron chi connectivity index (χ2n) is 4.97. The standard InChI is InChI=1S/C18H20N2O3/c1-4-22-18-11-15(7-10-17(18)23-14(3)21)12-19-20-16-8-5-13(2)6-9-16/h5-12,20H,4H2,1-3H3/b19-12+. The molecule has 0 aromatic heterocycles. The molecule has 0 spiro atoms. The van der Waals surface area contributed by atoms with Gasteiger partial charge < -0.3 is 9.47 Å². The number of carbonyl (C=O) groups is 1. The van der Waals surface area contributed by atoms with E-state index in [0.717, 1.165) is 11.3 Å². The highest BCUT2D eigenvalue weighted by Gasteiger charge is 2.08. The molecule has 0 atom stereocenters. The summed E-state index contributed by atoms with van der Waals surface area (Å²) < 4.78 is 10.6. The maximum absolute atomic E-state index is 11.1. The second-order valence-corrected chi connectivity index (χ2v) is 4.97. The van der Waals surface area contributed by atoms with Crippen LogP contribution in [-0.2, 0) is 4.79 Å². The van der Waals surface area contributed by atoms with Gasteiger partial charge in [0, 0.05) is 6.92 Å². The molecule has 0 bridgehead atoms. The lowest BCUT2D eigenvalue weighted by Gasteiger charge is -2.10. The molecule has 2 rings (SSSR count). The van der Waals surface area contributed by atoms with Crippen molar-refractivity contribution in [3.63, 3.8) is 0 Å². The lowest BCUT2D eigenvalue weighted by Crippen LogP contribution is -2.04. The number of nitrogens with zero attached hydrogens (tertiary/aromatic N) is 1. The minimum atomic E-state index is -0.381. The van der Waals surface area contributed by atoms with Gasteiger partial charge in [0.15, 0.2) is 11.5 Å². The zero-order chi connectivity index (χ0) is 16.7. The van der Waals surface area contributed by atoms with Gasteiger partial charge in [-0.1, -0.05) is 17.7 Å². The first-order valence-electron chi connectivity index (χ1n) is 7.39. The van der Waals surface area contributed by atoms with Crippen molar-refractivity contribution in [3.05, 3.63) is 53.6 Å². The molecule has 0 aliphatic rings. The highest BCUT2D eigenvalue weighted by molar-refractivity contribution is 5.82. The SMILES string of the molecule is CCOc1cc(/C=N/Nc2ccc(C)cc2)ccc1OC(C)=O. The number of carbonyl (C=O) groups excluding carboxylic acids is 1. The highest BCUT2D eigenvalue weighted by atomic mass is 16.6. The number of hydrazone groups is 1. The molecule has 5 heteroatoms. The van der Waals surface area contributed by atoms with Gasteiger partial charge in [-0.25, -0.2) is 0 Å². The van der Waals surface area contributed by atoms with Crippen LogP contribution in [0.15, 0.2) is 47.6 Å². The van der Waals surface area contributed by atoms with E-state index in [2.05, 4.69) is 10.5 Å². The Bertz CT molecular complexity index is 694. The van der Waals surface area contributed by atoms with E-state index in [-0.39, 0.29) is 5.97 Å². The maximum atomic E-state index is 11.1. The first kappa shape index (κ1) is 16.5. The Hall–Kier alpha value is -2.82. The number of hydrogen-bond acceptors (Lipinski definition) is 5. The number of anilines is 1. The van der Waals surface area contributed by atoms with Crippen molar-refractivity contribution >= 4 is 17.9 Å². The third-order valence-electron chi connectivity index (χ3n) is 2.98. The van der Waals surface area contributed by atoms with Crippen molar-refractivity contribution in [2.75, 3.05) is 12.0 Å². The molecule has 0 aliphatic carbocycles. The van der Waals surface area contributed by atoms with Crippen molar-refractivity contribution < 1.29 is 14.3 Å². The summed E-state index contributed by atoms with van der Waals surface area (Å²) in [6.45, 7) is 5.75. The van der Waals surface area contributed by atoms with E-state index in [9.17, 15) is 4.79 Å². The lowest BCUT2D eigenvalue weighted by atomic mass is 10.2. The Morgan fingerprint density at radius 2 is 1.91 bits per heavy atom. The molecule has 0 saturated carbocycles. The van der Waals surface area contributed by atoms with Gasteiger partial charge in [-0.3, -0.25) is 10.2 Å². The van der Waals surface area contributed by atoms with Crippen LogP contribution < -0.4 is 14.9 Å². The van der Waals surface area contributed by atoms with E-state index in [0.29, 0.717) is 18.1 Å². The maximum Gasteiger partial charge on any atom is 0.308 e. The molecule has 0 amide bonds. The van der Waals surface area contributed by atoms with Crippen molar-refractivity contribution in [1.82, 2.24) is 0 Å². The van der Waals surface area contributed by atoms with Gasteiger partial charge in [-0.05, 0) is 49.7 Å². The molecule has 5 nitrogen and oxygen atoms in total. The van der Waals surface area contributed by atoms with Crippen LogP contribution >= 0.6 is 0 Å². The van der Waals surface area contributed by atoms with Crippen LogP contribution in [0.5, 0.6) is 11.5 Å². The molecule has 120 valence electrons. The monoisotopic (exact) mass is 312 g/mol. The van der Waals surface area contributed by atoms with Crippen LogP contribution in [-0.4, -0.2) is 18.8 Å². The molecule has 1 N–H and O–H groups in total. The molecule has 0 aliphatic heterocycles. The van der Waals surface area contributed by atoms with Crippen LogP contribution in [0.2, 0.25) is 0 Å². The number of ether oxygens (including phenoxy) is 2. The molecule has 0 fully saturated rings.